The Morgan fingerprint density at radius 1 is 1.33 bits per heavy atom. The molecule has 0 N–H and O–H groups in total. The van der Waals surface area contributed by atoms with Crippen LogP contribution >= 0.6 is 0 Å². The van der Waals surface area contributed by atoms with Crippen LogP contribution in [0, 0.1) is 19.8 Å². The van der Waals surface area contributed by atoms with Crippen molar-refractivity contribution < 1.29 is 9.53 Å². The Kier molecular flexibility index (Phi) is 3.89. The molecule has 0 saturated heterocycles. The Morgan fingerprint density at radius 2 is 2.00 bits per heavy atom. The lowest BCUT2D eigenvalue weighted by atomic mass is 10.1. The monoisotopic (exact) mass is 206 g/mol. The van der Waals surface area contributed by atoms with Gasteiger partial charge in [0.05, 0.1) is 0 Å². The number of aryl methyl sites for hydroxylation is 2. The van der Waals surface area contributed by atoms with E-state index in [0.29, 0.717) is 0 Å². The van der Waals surface area contributed by atoms with Gasteiger partial charge in [-0.25, -0.2) is 0 Å². The van der Waals surface area contributed by atoms with E-state index in [9.17, 15) is 4.79 Å². The molecule has 2 nitrogen and oxygen atoms in total. The number of ketones is 1. The van der Waals surface area contributed by atoms with Crippen molar-refractivity contribution in [2.24, 2.45) is 5.92 Å². The maximum Gasteiger partial charge on any atom is 0.172 e. The molecule has 0 amide bonds. The van der Waals surface area contributed by atoms with Gasteiger partial charge in [0.1, 0.15) is 12.4 Å². The first kappa shape index (κ1) is 11.8. The fraction of sp³-hybridized carbons (Fsp3) is 0.462. The number of rotatable bonds is 4. The van der Waals surface area contributed by atoms with Crippen LogP contribution in [-0.2, 0) is 4.79 Å². The Morgan fingerprint density at radius 3 is 2.53 bits per heavy atom. The van der Waals surface area contributed by atoms with Crippen molar-refractivity contribution in [1.29, 1.82) is 0 Å². The average Bonchev–Trinajstić information content (AvgIpc) is 2.15. The van der Waals surface area contributed by atoms with Crippen LogP contribution in [0.2, 0.25) is 0 Å². The van der Waals surface area contributed by atoms with Gasteiger partial charge in [-0.2, -0.15) is 0 Å². The number of hydrogen-bond donors (Lipinski definition) is 0. The minimum absolute atomic E-state index is 0.0377. The summed E-state index contributed by atoms with van der Waals surface area (Å²) in [6.45, 7) is 7.96. The van der Waals surface area contributed by atoms with Crippen LogP contribution in [0.15, 0.2) is 18.2 Å². The molecular formula is C13H18O2. The molecule has 0 atom stereocenters. The number of carbonyl (C=O) groups is 1. The number of benzene rings is 1. The smallest absolute Gasteiger partial charge is 0.172 e. The van der Waals surface area contributed by atoms with Crippen LogP contribution in [0.3, 0.4) is 0 Å². The summed E-state index contributed by atoms with van der Waals surface area (Å²) in [6, 6.07) is 5.95. The van der Waals surface area contributed by atoms with Crippen molar-refractivity contribution in [3.8, 4) is 5.75 Å². The summed E-state index contributed by atoms with van der Waals surface area (Å²) in [6.07, 6.45) is 0. The van der Waals surface area contributed by atoms with E-state index in [4.69, 9.17) is 4.74 Å². The van der Waals surface area contributed by atoms with Crippen molar-refractivity contribution in [1.82, 2.24) is 0 Å². The third kappa shape index (κ3) is 3.39. The number of hydrogen-bond acceptors (Lipinski definition) is 2. The van der Waals surface area contributed by atoms with Gasteiger partial charge in [0, 0.05) is 5.92 Å². The van der Waals surface area contributed by atoms with E-state index in [1.54, 1.807) is 0 Å². The first-order chi connectivity index (χ1) is 7.00. The number of ether oxygens (including phenoxy) is 1. The van der Waals surface area contributed by atoms with Gasteiger partial charge in [0.15, 0.2) is 5.78 Å². The zero-order valence-electron chi connectivity index (χ0n) is 9.83. The molecule has 0 spiro atoms. The zero-order valence-corrected chi connectivity index (χ0v) is 9.83. The minimum Gasteiger partial charge on any atom is -0.486 e. The second-order valence-electron chi connectivity index (χ2n) is 4.18. The van der Waals surface area contributed by atoms with E-state index >= 15 is 0 Å². The molecule has 0 aliphatic rings. The van der Waals surface area contributed by atoms with Crippen LogP contribution in [0.5, 0.6) is 5.75 Å². The lowest BCUT2D eigenvalue weighted by molar-refractivity contribution is -0.123. The normalized spacial score (nSPS) is 10.5. The van der Waals surface area contributed by atoms with Crippen LogP contribution in [-0.4, -0.2) is 12.4 Å². The Balaban J connectivity index is 2.62. The van der Waals surface area contributed by atoms with Crippen molar-refractivity contribution in [2.75, 3.05) is 6.61 Å². The quantitative estimate of drug-likeness (QED) is 0.757. The predicted octanol–water partition coefficient (Wildman–Crippen LogP) is 2.91. The molecule has 0 aromatic heterocycles. The van der Waals surface area contributed by atoms with Gasteiger partial charge in [-0.05, 0) is 25.5 Å². The highest BCUT2D eigenvalue weighted by Gasteiger charge is 2.08. The van der Waals surface area contributed by atoms with E-state index in [-0.39, 0.29) is 18.3 Å². The Hall–Kier alpha value is -1.31. The summed E-state index contributed by atoms with van der Waals surface area (Å²) in [4.78, 5) is 11.4. The van der Waals surface area contributed by atoms with Crippen molar-refractivity contribution in [3.63, 3.8) is 0 Å². The van der Waals surface area contributed by atoms with E-state index in [1.807, 2.05) is 39.8 Å². The average molecular weight is 206 g/mol. The van der Waals surface area contributed by atoms with E-state index in [0.717, 1.165) is 11.3 Å². The molecule has 0 bridgehead atoms. The van der Waals surface area contributed by atoms with E-state index in [2.05, 4.69) is 6.07 Å². The van der Waals surface area contributed by atoms with Crippen molar-refractivity contribution in [2.45, 2.75) is 27.7 Å². The SMILES string of the molecule is Cc1ccc(OCC(=O)C(C)C)c(C)c1. The van der Waals surface area contributed by atoms with Gasteiger partial charge in [0.25, 0.3) is 0 Å². The Bertz CT molecular complexity index is 354. The summed E-state index contributed by atoms with van der Waals surface area (Å²) in [5, 5.41) is 0. The topological polar surface area (TPSA) is 26.3 Å². The van der Waals surface area contributed by atoms with Gasteiger partial charge in [-0.15, -0.1) is 0 Å². The van der Waals surface area contributed by atoms with Gasteiger partial charge in [0.2, 0.25) is 0 Å². The molecule has 2 heteroatoms. The molecule has 0 radical (unpaired) electrons. The largest absolute Gasteiger partial charge is 0.486 e. The molecule has 1 rings (SSSR count). The van der Waals surface area contributed by atoms with Crippen molar-refractivity contribution >= 4 is 5.78 Å². The second-order valence-corrected chi connectivity index (χ2v) is 4.18. The molecule has 1 aromatic carbocycles. The standard InChI is InChI=1S/C13H18O2/c1-9(2)12(14)8-15-13-6-5-10(3)7-11(13)4/h5-7,9H,8H2,1-4H3. The molecule has 1 aromatic rings. The Labute approximate surface area is 91.3 Å². The molecule has 0 aliphatic carbocycles. The lowest BCUT2D eigenvalue weighted by Crippen LogP contribution is -2.17. The summed E-state index contributed by atoms with van der Waals surface area (Å²) in [5.41, 5.74) is 2.28. The van der Waals surface area contributed by atoms with Crippen LogP contribution in [0.4, 0.5) is 0 Å². The minimum atomic E-state index is 0.0377. The van der Waals surface area contributed by atoms with Gasteiger partial charge < -0.3 is 4.74 Å². The highest BCUT2D eigenvalue weighted by atomic mass is 16.5. The van der Waals surface area contributed by atoms with Gasteiger partial charge in [-0.3, -0.25) is 4.79 Å². The highest BCUT2D eigenvalue weighted by molar-refractivity contribution is 5.81. The fourth-order valence-electron chi connectivity index (χ4n) is 1.28. The van der Waals surface area contributed by atoms with Gasteiger partial charge >= 0.3 is 0 Å². The third-order valence-electron chi connectivity index (χ3n) is 2.34. The predicted molar refractivity (Wildman–Crippen MR) is 61.3 cm³/mol. The number of carbonyl (C=O) groups excluding carboxylic acids is 1. The molecule has 0 unspecified atom stereocenters. The first-order valence-electron chi connectivity index (χ1n) is 5.23. The molecule has 0 saturated carbocycles. The molecule has 0 fully saturated rings. The van der Waals surface area contributed by atoms with Crippen molar-refractivity contribution in [3.05, 3.63) is 29.3 Å². The highest BCUT2D eigenvalue weighted by Crippen LogP contribution is 2.18. The lowest BCUT2D eigenvalue weighted by Gasteiger charge is -2.10. The van der Waals surface area contributed by atoms with Gasteiger partial charge in [-0.1, -0.05) is 31.5 Å². The molecule has 0 heterocycles. The summed E-state index contributed by atoms with van der Waals surface area (Å²) in [7, 11) is 0. The summed E-state index contributed by atoms with van der Waals surface area (Å²) in [5.74, 6) is 0.973. The van der Waals surface area contributed by atoms with Crippen LogP contribution < -0.4 is 4.74 Å². The fourth-order valence-corrected chi connectivity index (χ4v) is 1.28. The number of Topliss-reactive ketones (excluding diaryl/α,β-unsaturated/α-hetero) is 1. The van der Waals surface area contributed by atoms with E-state index < -0.39 is 0 Å². The maximum atomic E-state index is 11.4. The molecule has 15 heavy (non-hydrogen) atoms. The third-order valence-corrected chi connectivity index (χ3v) is 2.34. The second kappa shape index (κ2) is 4.96. The molecule has 0 aliphatic heterocycles. The summed E-state index contributed by atoms with van der Waals surface area (Å²) >= 11 is 0. The van der Waals surface area contributed by atoms with Crippen LogP contribution in [0.25, 0.3) is 0 Å². The molecular weight excluding hydrogens is 188 g/mol. The van der Waals surface area contributed by atoms with Crippen LogP contribution in [0.1, 0.15) is 25.0 Å². The van der Waals surface area contributed by atoms with E-state index in [1.165, 1.54) is 5.56 Å². The zero-order chi connectivity index (χ0) is 11.4. The maximum absolute atomic E-state index is 11.4. The summed E-state index contributed by atoms with van der Waals surface area (Å²) < 4.78 is 5.47. The molecule has 82 valence electrons. The first-order valence-corrected chi connectivity index (χ1v) is 5.23.